The van der Waals surface area contributed by atoms with Crippen molar-refractivity contribution in [3.8, 4) is 17.2 Å². The first kappa shape index (κ1) is 21.3. The number of nitrogens with one attached hydrogen (secondary N) is 1. The number of ether oxygens (including phenoxy) is 3. The fourth-order valence-corrected chi connectivity index (χ4v) is 2.13. The van der Waals surface area contributed by atoms with Gasteiger partial charge in [0, 0.05) is 12.1 Å². The molecular weight excluding hydrogens is 320 g/mol. The number of halogens is 1. The van der Waals surface area contributed by atoms with Gasteiger partial charge in [0.1, 0.15) is 0 Å². The van der Waals surface area contributed by atoms with Gasteiger partial charge in [-0.05, 0) is 25.0 Å². The molecule has 6 nitrogen and oxygen atoms in total. The Hall–Kier alpha value is -1.66. The van der Waals surface area contributed by atoms with Crippen LogP contribution in [0, 0.1) is 0 Å². The van der Waals surface area contributed by atoms with E-state index < -0.39 is 5.54 Å². The maximum absolute atomic E-state index is 12.4. The average molecular weight is 347 g/mol. The number of carbonyl (C=O) groups is 1. The second-order valence-electron chi connectivity index (χ2n) is 5.13. The highest BCUT2D eigenvalue weighted by Crippen LogP contribution is 2.39. The quantitative estimate of drug-likeness (QED) is 0.755. The van der Waals surface area contributed by atoms with Crippen LogP contribution in [0.15, 0.2) is 12.1 Å². The maximum atomic E-state index is 12.4. The Labute approximate surface area is 144 Å². The Bertz CT molecular complexity index is 519. The molecule has 0 fully saturated rings. The first-order valence-electron chi connectivity index (χ1n) is 7.32. The van der Waals surface area contributed by atoms with Gasteiger partial charge in [-0.15, -0.1) is 12.4 Å². The molecule has 0 aliphatic heterocycles. The third-order valence-corrected chi connectivity index (χ3v) is 3.96. The lowest BCUT2D eigenvalue weighted by atomic mass is 9.94. The van der Waals surface area contributed by atoms with Crippen LogP contribution in [-0.2, 0) is 0 Å². The fourth-order valence-electron chi connectivity index (χ4n) is 2.13. The summed E-state index contributed by atoms with van der Waals surface area (Å²) >= 11 is 0. The van der Waals surface area contributed by atoms with Crippen molar-refractivity contribution in [3.05, 3.63) is 17.7 Å². The predicted molar refractivity (Wildman–Crippen MR) is 93.2 cm³/mol. The average Bonchev–Trinajstić information content (AvgIpc) is 2.57. The van der Waals surface area contributed by atoms with Crippen LogP contribution in [-0.4, -0.2) is 39.3 Å². The fraction of sp³-hybridized carbons (Fsp3) is 0.562. The number of methoxy groups -OCH3 is 3. The first-order chi connectivity index (χ1) is 10.5. The number of hydrogen-bond acceptors (Lipinski definition) is 5. The monoisotopic (exact) mass is 346 g/mol. The van der Waals surface area contributed by atoms with Gasteiger partial charge < -0.3 is 25.3 Å². The molecule has 0 radical (unpaired) electrons. The van der Waals surface area contributed by atoms with Gasteiger partial charge in [0.2, 0.25) is 5.75 Å². The van der Waals surface area contributed by atoms with Crippen molar-refractivity contribution >= 4 is 18.3 Å². The second kappa shape index (κ2) is 9.47. The molecule has 1 aromatic carbocycles. The first-order valence-corrected chi connectivity index (χ1v) is 7.32. The molecule has 1 rings (SSSR count). The molecule has 7 heteroatoms. The molecule has 0 heterocycles. The van der Waals surface area contributed by atoms with Gasteiger partial charge in [0.15, 0.2) is 11.5 Å². The van der Waals surface area contributed by atoms with E-state index in [-0.39, 0.29) is 18.3 Å². The second-order valence-corrected chi connectivity index (χ2v) is 5.13. The molecule has 0 atom stereocenters. The van der Waals surface area contributed by atoms with Crippen molar-refractivity contribution in [1.82, 2.24) is 5.32 Å². The summed E-state index contributed by atoms with van der Waals surface area (Å²) in [6.45, 7) is 4.41. The van der Waals surface area contributed by atoms with E-state index in [4.69, 9.17) is 19.9 Å². The SMILES string of the molecule is CCC(N)(CC)CNC(=O)c1ccc(OC)c(OC)c1OC.Cl. The number of rotatable bonds is 8. The van der Waals surface area contributed by atoms with Gasteiger partial charge >= 0.3 is 0 Å². The van der Waals surface area contributed by atoms with Gasteiger partial charge in [-0.3, -0.25) is 4.79 Å². The molecule has 0 saturated carbocycles. The molecule has 1 amide bonds. The third-order valence-electron chi connectivity index (χ3n) is 3.96. The molecule has 0 aliphatic carbocycles. The third kappa shape index (κ3) is 4.91. The van der Waals surface area contributed by atoms with E-state index in [2.05, 4.69) is 5.32 Å². The Morgan fingerprint density at radius 2 is 1.65 bits per heavy atom. The van der Waals surface area contributed by atoms with Gasteiger partial charge in [-0.2, -0.15) is 0 Å². The summed E-state index contributed by atoms with van der Waals surface area (Å²) in [6.07, 6.45) is 1.57. The van der Waals surface area contributed by atoms with Crippen molar-refractivity contribution in [3.63, 3.8) is 0 Å². The molecule has 0 unspecified atom stereocenters. The van der Waals surface area contributed by atoms with Crippen molar-refractivity contribution in [2.45, 2.75) is 32.2 Å². The van der Waals surface area contributed by atoms with Gasteiger partial charge in [0.05, 0.1) is 26.9 Å². The summed E-state index contributed by atoms with van der Waals surface area (Å²) in [5.74, 6) is 0.985. The number of hydrogen-bond donors (Lipinski definition) is 2. The zero-order valence-electron chi connectivity index (χ0n) is 14.4. The minimum absolute atomic E-state index is 0. The van der Waals surface area contributed by atoms with E-state index in [1.807, 2.05) is 13.8 Å². The molecule has 0 aliphatic rings. The lowest BCUT2D eigenvalue weighted by Crippen LogP contribution is -2.49. The molecule has 23 heavy (non-hydrogen) atoms. The number of carbonyl (C=O) groups excluding carboxylic acids is 1. The summed E-state index contributed by atoms with van der Waals surface area (Å²) in [5, 5.41) is 2.86. The lowest BCUT2D eigenvalue weighted by molar-refractivity contribution is 0.0938. The Morgan fingerprint density at radius 1 is 1.09 bits per heavy atom. The molecule has 132 valence electrons. The van der Waals surface area contributed by atoms with E-state index in [1.54, 1.807) is 12.1 Å². The van der Waals surface area contributed by atoms with Crippen LogP contribution in [0.5, 0.6) is 17.2 Å². The van der Waals surface area contributed by atoms with Crippen LogP contribution in [0.1, 0.15) is 37.0 Å². The van der Waals surface area contributed by atoms with E-state index in [1.165, 1.54) is 21.3 Å². The van der Waals surface area contributed by atoms with E-state index >= 15 is 0 Å². The molecular formula is C16H27ClN2O4. The molecule has 0 spiro atoms. The highest BCUT2D eigenvalue weighted by molar-refractivity contribution is 5.98. The zero-order chi connectivity index (χ0) is 16.8. The zero-order valence-corrected chi connectivity index (χ0v) is 15.2. The lowest BCUT2D eigenvalue weighted by Gasteiger charge is -2.27. The molecule has 1 aromatic rings. The van der Waals surface area contributed by atoms with Crippen molar-refractivity contribution in [2.75, 3.05) is 27.9 Å². The number of benzene rings is 1. The summed E-state index contributed by atoms with van der Waals surface area (Å²) < 4.78 is 15.8. The van der Waals surface area contributed by atoms with Crippen LogP contribution in [0.3, 0.4) is 0 Å². The predicted octanol–water partition coefficient (Wildman–Crippen LogP) is 2.38. The minimum atomic E-state index is -0.403. The Morgan fingerprint density at radius 3 is 2.09 bits per heavy atom. The maximum Gasteiger partial charge on any atom is 0.255 e. The van der Waals surface area contributed by atoms with Crippen LogP contribution < -0.4 is 25.3 Å². The number of amides is 1. The van der Waals surface area contributed by atoms with Gasteiger partial charge in [-0.25, -0.2) is 0 Å². The van der Waals surface area contributed by atoms with Crippen LogP contribution in [0.4, 0.5) is 0 Å². The largest absolute Gasteiger partial charge is 0.493 e. The number of nitrogens with two attached hydrogens (primary N) is 1. The van der Waals surface area contributed by atoms with Gasteiger partial charge in [-0.1, -0.05) is 13.8 Å². The minimum Gasteiger partial charge on any atom is -0.493 e. The Kier molecular flexibility index (Phi) is 8.79. The van der Waals surface area contributed by atoms with E-state index in [9.17, 15) is 4.79 Å². The standard InChI is InChI=1S/C16H26N2O4.ClH/c1-6-16(17,7-2)10-18-15(19)11-8-9-12(20-3)14(22-5)13(11)21-4;/h8-9H,6-7,10,17H2,1-5H3,(H,18,19);1H. The molecule has 0 saturated heterocycles. The molecule has 0 bridgehead atoms. The summed E-state index contributed by atoms with van der Waals surface area (Å²) in [5.41, 5.74) is 6.19. The molecule has 0 aromatic heterocycles. The summed E-state index contributed by atoms with van der Waals surface area (Å²) in [4.78, 5) is 12.4. The van der Waals surface area contributed by atoms with E-state index in [0.29, 0.717) is 29.4 Å². The smallest absolute Gasteiger partial charge is 0.255 e. The van der Waals surface area contributed by atoms with Crippen LogP contribution >= 0.6 is 12.4 Å². The normalized spacial score (nSPS) is 10.5. The highest BCUT2D eigenvalue weighted by atomic mass is 35.5. The Balaban J connectivity index is 0.00000484. The summed E-state index contributed by atoms with van der Waals surface area (Å²) in [7, 11) is 4.52. The van der Waals surface area contributed by atoms with Crippen molar-refractivity contribution in [1.29, 1.82) is 0 Å². The topological polar surface area (TPSA) is 82.8 Å². The van der Waals surface area contributed by atoms with Crippen molar-refractivity contribution < 1.29 is 19.0 Å². The van der Waals surface area contributed by atoms with Gasteiger partial charge in [0.25, 0.3) is 5.91 Å². The molecule has 3 N–H and O–H groups in total. The highest BCUT2D eigenvalue weighted by Gasteiger charge is 2.24. The van der Waals surface area contributed by atoms with Crippen molar-refractivity contribution in [2.24, 2.45) is 5.73 Å². The summed E-state index contributed by atoms with van der Waals surface area (Å²) in [6, 6.07) is 3.32. The van der Waals surface area contributed by atoms with Crippen LogP contribution in [0.25, 0.3) is 0 Å². The van der Waals surface area contributed by atoms with Crippen LogP contribution in [0.2, 0.25) is 0 Å². The van der Waals surface area contributed by atoms with E-state index in [0.717, 1.165) is 12.8 Å².